The first-order valence-corrected chi connectivity index (χ1v) is 5.74. The smallest absolute Gasteiger partial charge is 0.333 e. The highest BCUT2D eigenvalue weighted by atomic mass is 16.4. The number of aliphatic imine (C=N–C) groups is 1. The van der Waals surface area contributed by atoms with Crippen molar-refractivity contribution < 1.29 is 34.8 Å². The van der Waals surface area contributed by atoms with E-state index in [0.717, 1.165) is 0 Å². The summed E-state index contributed by atoms with van der Waals surface area (Å²) in [6.07, 6.45) is -1.59. The van der Waals surface area contributed by atoms with Gasteiger partial charge in [0.05, 0.1) is 6.42 Å². The van der Waals surface area contributed by atoms with Gasteiger partial charge in [-0.1, -0.05) is 0 Å². The van der Waals surface area contributed by atoms with Crippen LogP contribution in [0.4, 0.5) is 0 Å². The zero-order chi connectivity index (χ0) is 17.0. The summed E-state index contributed by atoms with van der Waals surface area (Å²) in [5.41, 5.74) is 15.3. The van der Waals surface area contributed by atoms with E-state index in [1.165, 1.54) is 0 Å². The van der Waals surface area contributed by atoms with Crippen LogP contribution in [-0.2, 0) is 14.4 Å². The molecule has 21 heavy (non-hydrogen) atoms. The Labute approximate surface area is 120 Å². The zero-order valence-corrected chi connectivity index (χ0v) is 11.2. The van der Waals surface area contributed by atoms with Crippen molar-refractivity contribution in [2.24, 2.45) is 22.2 Å². The molecule has 1 unspecified atom stereocenters. The van der Waals surface area contributed by atoms with Gasteiger partial charge < -0.3 is 37.6 Å². The van der Waals surface area contributed by atoms with Gasteiger partial charge in [-0.2, -0.15) is 0 Å². The molecule has 11 heteroatoms. The summed E-state index contributed by atoms with van der Waals surface area (Å²) < 4.78 is 0. The highest BCUT2D eigenvalue weighted by Crippen LogP contribution is 1.94. The first kappa shape index (κ1) is 20.9. The summed E-state index contributed by atoms with van der Waals surface area (Å²) in [5, 5.41) is 32.5. The van der Waals surface area contributed by atoms with Gasteiger partial charge in [-0.05, 0) is 12.8 Å². The molecule has 0 aromatic rings. The first-order valence-electron chi connectivity index (χ1n) is 5.74. The average molecular weight is 308 g/mol. The monoisotopic (exact) mass is 308 g/mol. The minimum absolute atomic E-state index is 0.0129. The van der Waals surface area contributed by atoms with E-state index in [1.807, 2.05) is 0 Å². The van der Waals surface area contributed by atoms with Crippen LogP contribution < -0.4 is 17.2 Å². The van der Waals surface area contributed by atoms with Crippen LogP contribution in [0.15, 0.2) is 4.99 Å². The Balaban J connectivity index is 0. The number of aliphatic carboxylic acids is 3. The maximum absolute atomic E-state index is 10.2. The van der Waals surface area contributed by atoms with Gasteiger partial charge in [-0.15, -0.1) is 0 Å². The van der Waals surface area contributed by atoms with E-state index in [0.29, 0.717) is 19.4 Å². The Morgan fingerprint density at radius 3 is 1.86 bits per heavy atom. The van der Waals surface area contributed by atoms with Gasteiger partial charge in [-0.3, -0.25) is 14.6 Å². The number of rotatable bonds is 8. The number of hydrogen-bond donors (Lipinski definition) is 7. The number of aliphatic hydroxyl groups excluding tert-OH is 1. The third-order valence-corrected chi connectivity index (χ3v) is 1.94. The Morgan fingerprint density at radius 1 is 1.05 bits per heavy atom. The number of hydrogen-bond acceptors (Lipinski definition) is 6. The molecular formula is C10H20N4O7. The minimum Gasteiger partial charge on any atom is -0.481 e. The molecule has 122 valence electrons. The third kappa shape index (κ3) is 15.5. The van der Waals surface area contributed by atoms with Gasteiger partial charge in [-0.25, -0.2) is 4.79 Å². The summed E-state index contributed by atoms with van der Waals surface area (Å²) in [5.74, 6) is -3.83. The fourth-order valence-electron chi connectivity index (χ4n) is 0.896. The Hall–Kier alpha value is -2.40. The second-order valence-electron chi connectivity index (χ2n) is 3.85. The fraction of sp³-hybridized carbons (Fsp3) is 0.600. The molecule has 0 heterocycles. The van der Waals surface area contributed by atoms with Gasteiger partial charge in [0.25, 0.3) is 0 Å². The summed E-state index contributed by atoms with van der Waals surface area (Å²) in [4.78, 5) is 33.3. The van der Waals surface area contributed by atoms with E-state index >= 15 is 0 Å². The number of nitrogens with zero attached hydrogens (tertiary/aromatic N) is 1. The highest BCUT2D eigenvalue weighted by Gasteiger charge is 2.16. The van der Waals surface area contributed by atoms with Gasteiger partial charge in [0.1, 0.15) is 6.04 Å². The van der Waals surface area contributed by atoms with Crippen LogP contribution in [0.3, 0.4) is 0 Å². The largest absolute Gasteiger partial charge is 0.481 e. The van der Waals surface area contributed by atoms with Gasteiger partial charge >= 0.3 is 17.9 Å². The number of nitrogens with two attached hydrogens (primary N) is 3. The van der Waals surface area contributed by atoms with Crippen molar-refractivity contribution in [2.45, 2.75) is 31.4 Å². The van der Waals surface area contributed by atoms with E-state index < -0.39 is 36.5 Å². The van der Waals surface area contributed by atoms with Crippen molar-refractivity contribution in [1.82, 2.24) is 0 Å². The fourth-order valence-corrected chi connectivity index (χ4v) is 0.896. The van der Waals surface area contributed by atoms with Crippen LogP contribution in [0.5, 0.6) is 0 Å². The second-order valence-corrected chi connectivity index (χ2v) is 3.85. The topological polar surface area (TPSA) is 223 Å². The van der Waals surface area contributed by atoms with Crippen molar-refractivity contribution >= 4 is 23.9 Å². The van der Waals surface area contributed by atoms with Crippen molar-refractivity contribution in [2.75, 3.05) is 6.54 Å². The lowest BCUT2D eigenvalue weighted by atomic mass is 10.2. The molecule has 10 N–H and O–H groups in total. The number of carboxylic acids is 3. The molecule has 0 aliphatic rings. The minimum atomic E-state index is -1.79. The van der Waals surface area contributed by atoms with E-state index in [4.69, 9.17) is 37.6 Å². The SMILES string of the molecule is NC(N)=NCCC[C@@H](N)C(=O)O.O=C(O)CC(O)C(=O)O. The van der Waals surface area contributed by atoms with E-state index in [-0.39, 0.29) is 5.96 Å². The molecule has 2 atom stereocenters. The highest BCUT2D eigenvalue weighted by molar-refractivity contribution is 5.79. The Kier molecular flexibility index (Phi) is 11.4. The summed E-state index contributed by atoms with van der Waals surface area (Å²) in [6.45, 7) is 0.420. The lowest BCUT2D eigenvalue weighted by molar-refractivity contribution is -0.152. The predicted octanol–water partition coefficient (Wildman–Crippen LogP) is -2.64. The molecule has 0 saturated carbocycles. The van der Waals surface area contributed by atoms with Crippen LogP contribution >= 0.6 is 0 Å². The van der Waals surface area contributed by atoms with E-state index in [2.05, 4.69) is 4.99 Å². The van der Waals surface area contributed by atoms with Crippen molar-refractivity contribution in [3.8, 4) is 0 Å². The molecule has 0 aliphatic heterocycles. The Bertz CT molecular complexity index is 382. The molecule has 0 aliphatic carbocycles. The molecule has 11 nitrogen and oxygen atoms in total. The first-order chi connectivity index (χ1) is 9.57. The molecule has 0 saturated heterocycles. The summed E-state index contributed by atoms with van der Waals surface area (Å²) in [7, 11) is 0. The van der Waals surface area contributed by atoms with Gasteiger partial charge in [0.2, 0.25) is 0 Å². The quantitative estimate of drug-likeness (QED) is 0.140. The Morgan fingerprint density at radius 2 is 1.57 bits per heavy atom. The molecule has 0 fully saturated rings. The molecule has 0 aromatic carbocycles. The van der Waals surface area contributed by atoms with Crippen molar-refractivity contribution in [3.05, 3.63) is 0 Å². The lowest BCUT2D eigenvalue weighted by Gasteiger charge is -2.03. The van der Waals surface area contributed by atoms with Gasteiger partial charge in [0, 0.05) is 6.54 Å². The number of aliphatic hydroxyl groups is 1. The molecule has 0 bridgehead atoms. The summed E-state index contributed by atoms with van der Waals surface area (Å²) >= 11 is 0. The van der Waals surface area contributed by atoms with Crippen LogP contribution in [0.25, 0.3) is 0 Å². The van der Waals surface area contributed by atoms with Crippen molar-refractivity contribution in [3.63, 3.8) is 0 Å². The molecular weight excluding hydrogens is 288 g/mol. The molecule has 0 radical (unpaired) electrons. The third-order valence-electron chi connectivity index (χ3n) is 1.94. The average Bonchev–Trinajstić information content (AvgIpc) is 2.33. The normalized spacial score (nSPS) is 12.3. The lowest BCUT2D eigenvalue weighted by Crippen LogP contribution is -2.30. The van der Waals surface area contributed by atoms with Crippen LogP contribution in [0.2, 0.25) is 0 Å². The van der Waals surface area contributed by atoms with Crippen LogP contribution in [0.1, 0.15) is 19.3 Å². The molecule has 0 spiro atoms. The molecule has 0 rings (SSSR count). The maximum Gasteiger partial charge on any atom is 0.333 e. The van der Waals surface area contributed by atoms with Crippen molar-refractivity contribution in [1.29, 1.82) is 0 Å². The standard InChI is InChI=1S/C6H14N4O2.C4H6O5/c7-4(5(11)12)2-1-3-10-6(8)9;5-2(4(8)9)1-3(6)7/h4H,1-3,7H2,(H,11,12)(H4,8,9,10);2,5H,1H2,(H,6,7)(H,8,9)/t4-;/m1./s1. The number of carbonyl (C=O) groups is 3. The van der Waals surface area contributed by atoms with Gasteiger partial charge in [0.15, 0.2) is 12.1 Å². The van der Waals surface area contributed by atoms with Crippen LogP contribution in [0, 0.1) is 0 Å². The zero-order valence-electron chi connectivity index (χ0n) is 11.2. The second kappa shape index (κ2) is 11.4. The van der Waals surface area contributed by atoms with E-state index in [1.54, 1.807) is 0 Å². The number of carboxylic acid groups (broad SMARTS) is 3. The molecule has 0 aromatic heterocycles. The molecule has 0 amide bonds. The predicted molar refractivity (Wildman–Crippen MR) is 71.4 cm³/mol. The van der Waals surface area contributed by atoms with Crippen LogP contribution in [-0.4, -0.2) is 63.0 Å². The van der Waals surface area contributed by atoms with E-state index in [9.17, 15) is 14.4 Å². The summed E-state index contributed by atoms with van der Waals surface area (Å²) in [6, 6.07) is -0.820. The maximum atomic E-state index is 10.2. The number of guanidine groups is 1.